The van der Waals surface area contributed by atoms with Gasteiger partial charge in [0, 0.05) is 16.7 Å². The SMILES string of the molecule is Cc1cccc(C)c1CNc1c(C)cc(Br)cc1C. The molecule has 0 aliphatic carbocycles. The number of halogens is 1. The molecule has 2 aromatic carbocycles. The molecule has 0 bridgehead atoms. The van der Waals surface area contributed by atoms with Crippen LogP contribution in [0.15, 0.2) is 34.8 Å². The van der Waals surface area contributed by atoms with Crippen molar-refractivity contribution in [3.63, 3.8) is 0 Å². The maximum atomic E-state index is 3.59. The van der Waals surface area contributed by atoms with E-state index in [4.69, 9.17) is 0 Å². The molecule has 0 amide bonds. The van der Waals surface area contributed by atoms with Crippen LogP contribution in [0.25, 0.3) is 0 Å². The molecule has 0 spiro atoms. The molecular weight excluding hydrogens is 298 g/mol. The summed E-state index contributed by atoms with van der Waals surface area (Å²) in [6, 6.07) is 10.8. The standard InChI is InChI=1S/C17H20BrN/c1-11-6-5-7-12(2)16(11)10-19-17-13(3)8-15(18)9-14(17)4/h5-9,19H,10H2,1-4H3. The van der Waals surface area contributed by atoms with Crippen molar-refractivity contribution in [2.45, 2.75) is 34.2 Å². The average Bonchev–Trinajstić information content (AvgIpc) is 2.31. The minimum atomic E-state index is 0.877. The lowest BCUT2D eigenvalue weighted by Gasteiger charge is -2.16. The number of rotatable bonds is 3. The molecule has 2 heteroatoms. The number of hydrogen-bond donors (Lipinski definition) is 1. The minimum Gasteiger partial charge on any atom is -0.381 e. The summed E-state index contributed by atoms with van der Waals surface area (Å²) in [7, 11) is 0. The zero-order chi connectivity index (χ0) is 14.0. The Hall–Kier alpha value is -1.28. The van der Waals surface area contributed by atoms with Gasteiger partial charge in [-0.15, -0.1) is 0 Å². The van der Waals surface area contributed by atoms with Crippen molar-refractivity contribution in [2.24, 2.45) is 0 Å². The Morgan fingerprint density at radius 3 is 1.95 bits per heavy atom. The van der Waals surface area contributed by atoms with Gasteiger partial charge >= 0.3 is 0 Å². The predicted molar refractivity (Wildman–Crippen MR) is 86.9 cm³/mol. The van der Waals surface area contributed by atoms with E-state index in [2.05, 4.69) is 79.3 Å². The summed E-state index contributed by atoms with van der Waals surface area (Å²) < 4.78 is 1.14. The zero-order valence-corrected chi connectivity index (χ0v) is 13.6. The number of nitrogens with one attached hydrogen (secondary N) is 1. The number of anilines is 1. The molecule has 0 saturated carbocycles. The van der Waals surface area contributed by atoms with Crippen LogP contribution in [-0.4, -0.2) is 0 Å². The van der Waals surface area contributed by atoms with E-state index in [0.29, 0.717) is 0 Å². The van der Waals surface area contributed by atoms with Crippen molar-refractivity contribution >= 4 is 21.6 Å². The monoisotopic (exact) mass is 317 g/mol. The minimum absolute atomic E-state index is 0.877. The van der Waals surface area contributed by atoms with Crippen LogP contribution in [-0.2, 0) is 6.54 Å². The van der Waals surface area contributed by atoms with Crippen LogP contribution < -0.4 is 5.32 Å². The highest BCUT2D eigenvalue weighted by Crippen LogP contribution is 2.26. The van der Waals surface area contributed by atoms with Crippen molar-refractivity contribution in [3.05, 3.63) is 62.6 Å². The summed E-state index contributed by atoms with van der Waals surface area (Å²) in [4.78, 5) is 0. The van der Waals surface area contributed by atoms with Gasteiger partial charge in [0.25, 0.3) is 0 Å². The van der Waals surface area contributed by atoms with E-state index in [9.17, 15) is 0 Å². The molecule has 0 unspecified atom stereocenters. The van der Waals surface area contributed by atoms with Gasteiger partial charge in [-0.3, -0.25) is 0 Å². The zero-order valence-electron chi connectivity index (χ0n) is 12.0. The summed E-state index contributed by atoms with van der Waals surface area (Å²) in [5.74, 6) is 0. The molecule has 100 valence electrons. The number of benzene rings is 2. The Labute approximate surface area is 124 Å². The van der Waals surface area contributed by atoms with Gasteiger partial charge in [0.05, 0.1) is 0 Å². The van der Waals surface area contributed by atoms with E-state index in [0.717, 1.165) is 11.0 Å². The van der Waals surface area contributed by atoms with E-state index in [1.165, 1.54) is 33.5 Å². The molecule has 2 rings (SSSR count). The van der Waals surface area contributed by atoms with E-state index in [1.807, 2.05) is 0 Å². The van der Waals surface area contributed by atoms with Crippen LogP contribution in [0.2, 0.25) is 0 Å². The summed E-state index contributed by atoms with van der Waals surface area (Å²) in [6.45, 7) is 9.51. The van der Waals surface area contributed by atoms with Crippen LogP contribution in [0.5, 0.6) is 0 Å². The second-order valence-electron chi connectivity index (χ2n) is 5.14. The highest BCUT2D eigenvalue weighted by molar-refractivity contribution is 9.10. The molecular formula is C17H20BrN. The lowest BCUT2D eigenvalue weighted by molar-refractivity contribution is 1.08. The fourth-order valence-electron chi connectivity index (χ4n) is 2.49. The molecule has 0 aliphatic heterocycles. The Morgan fingerprint density at radius 2 is 1.42 bits per heavy atom. The molecule has 0 heterocycles. The van der Waals surface area contributed by atoms with Gasteiger partial charge in [-0.25, -0.2) is 0 Å². The molecule has 0 aromatic heterocycles. The summed E-state index contributed by atoms with van der Waals surface area (Å²) in [5.41, 5.74) is 7.88. The largest absolute Gasteiger partial charge is 0.381 e. The third kappa shape index (κ3) is 3.19. The van der Waals surface area contributed by atoms with Gasteiger partial charge in [0.2, 0.25) is 0 Å². The van der Waals surface area contributed by atoms with Gasteiger partial charge in [-0.05, 0) is 67.6 Å². The first-order valence-corrected chi connectivity index (χ1v) is 7.34. The van der Waals surface area contributed by atoms with E-state index < -0.39 is 0 Å². The Morgan fingerprint density at radius 1 is 0.895 bits per heavy atom. The first-order chi connectivity index (χ1) is 8.99. The van der Waals surface area contributed by atoms with Gasteiger partial charge < -0.3 is 5.32 Å². The summed E-state index contributed by atoms with van der Waals surface area (Å²) >= 11 is 3.54. The van der Waals surface area contributed by atoms with Gasteiger partial charge in [-0.1, -0.05) is 34.1 Å². The molecule has 0 saturated heterocycles. The fourth-order valence-corrected chi connectivity index (χ4v) is 3.18. The quantitative estimate of drug-likeness (QED) is 0.810. The predicted octanol–water partition coefficient (Wildman–Crippen LogP) is 5.29. The van der Waals surface area contributed by atoms with Crippen LogP contribution in [0.1, 0.15) is 27.8 Å². The highest BCUT2D eigenvalue weighted by Gasteiger charge is 2.06. The van der Waals surface area contributed by atoms with Crippen LogP contribution in [0, 0.1) is 27.7 Å². The molecule has 1 nitrogen and oxygen atoms in total. The van der Waals surface area contributed by atoms with Crippen LogP contribution in [0.3, 0.4) is 0 Å². The van der Waals surface area contributed by atoms with Gasteiger partial charge in [0.15, 0.2) is 0 Å². The lowest BCUT2D eigenvalue weighted by Crippen LogP contribution is -2.06. The third-order valence-electron chi connectivity index (χ3n) is 3.58. The van der Waals surface area contributed by atoms with Crippen LogP contribution >= 0.6 is 15.9 Å². The first kappa shape index (κ1) is 14.1. The highest BCUT2D eigenvalue weighted by atomic mass is 79.9. The second kappa shape index (κ2) is 5.79. The first-order valence-electron chi connectivity index (χ1n) is 6.54. The van der Waals surface area contributed by atoms with Gasteiger partial charge in [-0.2, -0.15) is 0 Å². The fraction of sp³-hybridized carbons (Fsp3) is 0.294. The average molecular weight is 318 g/mol. The third-order valence-corrected chi connectivity index (χ3v) is 4.04. The van der Waals surface area contributed by atoms with E-state index >= 15 is 0 Å². The Kier molecular flexibility index (Phi) is 4.31. The molecule has 1 N–H and O–H groups in total. The lowest BCUT2D eigenvalue weighted by atomic mass is 10.0. The molecule has 0 aliphatic rings. The molecule has 0 radical (unpaired) electrons. The number of hydrogen-bond acceptors (Lipinski definition) is 1. The Bertz CT molecular complexity index is 559. The maximum Gasteiger partial charge on any atom is 0.0406 e. The van der Waals surface area contributed by atoms with E-state index in [-0.39, 0.29) is 0 Å². The second-order valence-corrected chi connectivity index (χ2v) is 6.05. The van der Waals surface area contributed by atoms with Crippen molar-refractivity contribution < 1.29 is 0 Å². The Balaban J connectivity index is 2.24. The van der Waals surface area contributed by atoms with E-state index in [1.54, 1.807) is 0 Å². The summed E-state index contributed by atoms with van der Waals surface area (Å²) in [5, 5.41) is 3.59. The molecule has 19 heavy (non-hydrogen) atoms. The smallest absolute Gasteiger partial charge is 0.0406 e. The van der Waals surface area contributed by atoms with Crippen molar-refractivity contribution in [1.29, 1.82) is 0 Å². The normalized spacial score (nSPS) is 10.6. The molecule has 2 aromatic rings. The van der Waals surface area contributed by atoms with Crippen molar-refractivity contribution in [2.75, 3.05) is 5.32 Å². The molecule has 0 fully saturated rings. The maximum absolute atomic E-state index is 3.59. The molecule has 0 atom stereocenters. The van der Waals surface area contributed by atoms with Gasteiger partial charge in [0.1, 0.15) is 0 Å². The van der Waals surface area contributed by atoms with Crippen LogP contribution in [0.4, 0.5) is 5.69 Å². The van der Waals surface area contributed by atoms with Crippen molar-refractivity contribution in [3.8, 4) is 0 Å². The number of aryl methyl sites for hydroxylation is 4. The topological polar surface area (TPSA) is 12.0 Å². The summed E-state index contributed by atoms with van der Waals surface area (Å²) in [6.07, 6.45) is 0. The van der Waals surface area contributed by atoms with Crippen molar-refractivity contribution in [1.82, 2.24) is 0 Å².